The number of ether oxygens (including phenoxy) is 1. The summed E-state index contributed by atoms with van der Waals surface area (Å²) >= 11 is 6.12. The third-order valence-corrected chi connectivity index (χ3v) is 8.81. The van der Waals surface area contributed by atoms with Crippen molar-refractivity contribution < 1.29 is 24.2 Å². The number of benzene rings is 1. The molecule has 1 N–H and O–H groups in total. The van der Waals surface area contributed by atoms with Crippen molar-refractivity contribution in [3.8, 4) is 0 Å². The van der Waals surface area contributed by atoms with Gasteiger partial charge in [0.15, 0.2) is 0 Å². The summed E-state index contributed by atoms with van der Waals surface area (Å²) in [6.07, 6.45) is 8.82. The molecule has 0 radical (unpaired) electrons. The molecule has 1 aromatic rings. The SMILES string of the molecule is CCCN1CC=C[C@@]2(C)O[C@]34C=CCN(c5ccc(Cl)cc5)C(=O)C3N([C@@H](CO)CC(C)C)C(=O)[C@@H]4[C@H]2C1=O. The molecule has 2 saturated heterocycles. The van der Waals surface area contributed by atoms with E-state index in [4.69, 9.17) is 16.3 Å². The molecule has 1 aromatic carbocycles. The lowest BCUT2D eigenvalue weighted by atomic mass is 9.74. The van der Waals surface area contributed by atoms with Crippen LogP contribution in [-0.2, 0) is 19.1 Å². The van der Waals surface area contributed by atoms with Crippen LogP contribution in [-0.4, -0.2) is 82.2 Å². The number of aliphatic hydroxyl groups is 1. The van der Waals surface area contributed by atoms with Gasteiger partial charge in [-0.05, 0) is 49.9 Å². The predicted octanol–water partition coefficient (Wildman–Crippen LogP) is 3.43. The summed E-state index contributed by atoms with van der Waals surface area (Å²) in [6, 6.07) is 5.37. The largest absolute Gasteiger partial charge is 0.394 e. The molecule has 0 saturated carbocycles. The van der Waals surface area contributed by atoms with E-state index in [1.807, 2.05) is 52.0 Å². The summed E-state index contributed by atoms with van der Waals surface area (Å²) in [6.45, 7) is 8.91. The third-order valence-electron chi connectivity index (χ3n) is 8.56. The van der Waals surface area contributed by atoms with Crippen molar-refractivity contribution in [3.05, 3.63) is 53.6 Å². The number of carbonyl (C=O) groups is 3. The fourth-order valence-corrected chi connectivity index (χ4v) is 7.17. The Morgan fingerprint density at radius 2 is 1.72 bits per heavy atom. The number of carbonyl (C=O) groups excluding carboxylic acids is 3. The van der Waals surface area contributed by atoms with E-state index in [2.05, 4.69) is 0 Å². The quantitative estimate of drug-likeness (QED) is 0.521. The summed E-state index contributed by atoms with van der Waals surface area (Å²) in [5.74, 6) is -2.27. The van der Waals surface area contributed by atoms with E-state index in [9.17, 15) is 19.5 Å². The number of anilines is 1. The Balaban J connectivity index is 1.67. The Morgan fingerprint density at radius 1 is 1.03 bits per heavy atom. The molecular formula is C30H38ClN3O5. The van der Waals surface area contributed by atoms with E-state index in [0.29, 0.717) is 30.2 Å². The number of likely N-dealkylation sites (tertiary alicyclic amines) is 1. The number of hydrogen-bond acceptors (Lipinski definition) is 5. The molecule has 3 amide bonds. The van der Waals surface area contributed by atoms with Crippen LogP contribution >= 0.6 is 11.6 Å². The molecule has 4 heterocycles. The topological polar surface area (TPSA) is 90.4 Å². The summed E-state index contributed by atoms with van der Waals surface area (Å²) in [4.78, 5) is 48.0. The van der Waals surface area contributed by atoms with Crippen molar-refractivity contribution in [3.63, 3.8) is 0 Å². The van der Waals surface area contributed by atoms with Gasteiger partial charge in [-0.1, -0.05) is 56.7 Å². The normalized spacial score (nSPS) is 32.8. The second-order valence-electron chi connectivity index (χ2n) is 11.7. The van der Waals surface area contributed by atoms with Crippen molar-refractivity contribution in [2.24, 2.45) is 17.8 Å². The van der Waals surface area contributed by atoms with Crippen molar-refractivity contribution in [2.75, 3.05) is 31.1 Å². The lowest BCUT2D eigenvalue weighted by molar-refractivity contribution is -0.151. The molecule has 5 rings (SSSR count). The van der Waals surface area contributed by atoms with Crippen LogP contribution in [0.1, 0.15) is 40.5 Å². The molecule has 9 heteroatoms. The molecule has 2 fully saturated rings. The minimum Gasteiger partial charge on any atom is -0.394 e. The zero-order valence-electron chi connectivity index (χ0n) is 23.0. The number of fused-ring (bicyclic) bond motifs is 2. The molecule has 39 heavy (non-hydrogen) atoms. The van der Waals surface area contributed by atoms with Crippen LogP contribution in [0, 0.1) is 17.8 Å². The Bertz CT molecular complexity index is 1200. The average molecular weight is 556 g/mol. The van der Waals surface area contributed by atoms with E-state index < -0.39 is 35.1 Å². The van der Waals surface area contributed by atoms with Gasteiger partial charge in [-0.2, -0.15) is 0 Å². The number of aliphatic hydroxyl groups excluding tert-OH is 1. The monoisotopic (exact) mass is 555 g/mol. The van der Waals surface area contributed by atoms with Gasteiger partial charge in [0, 0.05) is 30.3 Å². The minimum atomic E-state index is -1.35. The fourth-order valence-electron chi connectivity index (χ4n) is 7.05. The Hall–Kier alpha value is -2.68. The van der Waals surface area contributed by atoms with Crippen LogP contribution in [0.5, 0.6) is 0 Å². The van der Waals surface area contributed by atoms with Gasteiger partial charge in [-0.25, -0.2) is 0 Å². The first kappa shape index (κ1) is 27.9. The smallest absolute Gasteiger partial charge is 0.253 e. The Labute approximate surface area is 235 Å². The van der Waals surface area contributed by atoms with Gasteiger partial charge in [-0.15, -0.1) is 0 Å². The molecule has 1 unspecified atom stereocenters. The van der Waals surface area contributed by atoms with Crippen LogP contribution in [0.3, 0.4) is 0 Å². The van der Waals surface area contributed by atoms with Crippen molar-refractivity contribution >= 4 is 35.0 Å². The van der Waals surface area contributed by atoms with Crippen LogP contribution < -0.4 is 4.90 Å². The van der Waals surface area contributed by atoms with Crippen molar-refractivity contribution in [1.82, 2.24) is 9.80 Å². The molecule has 6 atom stereocenters. The Kier molecular flexibility index (Phi) is 7.42. The van der Waals surface area contributed by atoms with Gasteiger partial charge in [0.25, 0.3) is 5.91 Å². The molecule has 4 aliphatic heterocycles. The van der Waals surface area contributed by atoms with Gasteiger partial charge in [-0.3, -0.25) is 14.4 Å². The minimum absolute atomic E-state index is 0.135. The van der Waals surface area contributed by atoms with E-state index in [-0.39, 0.29) is 36.8 Å². The molecule has 0 aliphatic carbocycles. The summed E-state index contributed by atoms with van der Waals surface area (Å²) < 4.78 is 6.87. The molecule has 210 valence electrons. The first-order valence-corrected chi connectivity index (χ1v) is 14.3. The van der Waals surface area contributed by atoms with Gasteiger partial charge >= 0.3 is 0 Å². The summed E-state index contributed by atoms with van der Waals surface area (Å²) in [7, 11) is 0. The highest BCUT2D eigenvalue weighted by atomic mass is 35.5. The van der Waals surface area contributed by atoms with Gasteiger partial charge < -0.3 is 24.5 Å². The molecule has 1 spiro atoms. The fraction of sp³-hybridized carbons (Fsp3) is 0.567. The maximum absolute atomic E-state index is 14.5. The van der Waals surface area contributed by atoms with E-state index in [0.717, 1.165) is 6.42 Å². The average Bonchev–Trinajstić information content (AvgIpc) is 3.17. The van der Waals surface area contributed by atoms with E-state index in [1.165, 1.54) is 4.90 Å². The highest BCUT2D eigenvalue weighted by Crippen LogP contribution is 2.58. The maximum Gasteiger partial charge on any atom is 0.253 e. The van der Waals surface area contributed by atoms with E-state index in [1.54, 1.807) is 34.1 Å². The zero-order valence-corrected chi connectivity index (χ0v) is 23.8. The highest BCUT2D eigenvalue weighted by molar-refractivity contribution is 6.30. The van der Waals surface area contributed by atoms with Crippen molar-refractivity contribution in [1.29, 1.82) is 0 Å². The molecule has 0 bridgehead atoms. The van der Waals surface area contributed by atoms with Crippen LogP contribution in [0.4, 0.5) is 5.69 Å². The molecule has 8 nitrogen and oxygen atoms in total. The van der Waals surface area contributed by atoms with Gasteiger partial charge in [0.05, 0.1) is 30.1 Å². The number of rotatable bonds is 7. The number of nitrogens with zero attached hydrogens (tertiary/aromatic N) is 3. The predicted molar refractivity (Wildman–Crippen MR) is 149 cm³/mol. The molecule has 0 aromatic heterocycles. The molecular weight excluding hydrogens is 518 g/mol. The lowest BCUT2D eigenvalue weighted by Gasteiger charge is -2.40. The van der Waals surface area contributed by atoms with Crippen LogP contribution in [0.15, 0.2) is 48.6 Å². The van der Waals surface area contributed by atoms with Gasteiger partial charge in [0.1, 0.15) is 11.6 Å². The first-order valence-electron chi connectivity index (χ1n) is 13.9. The summed E-state index contributed by atoms with van der Waals surface area (Å²) in [5.41, 5.74) is -1.76. The number of amides is 3. The second-order valence-corrected chi connectivity index (χ2v) is 12.2. The number of hydrogen-bond donors (Lipinski definition) is 1. The maximum atomic E-state index is 14.5. The van der Waals surface area contributed by atoms with Crippen LogP contribution in [0.2, 0.25) is 5.02 Å². The number of halogens is 1. The summed E-state index contributed by atoms with van der Waals surface area (Å²) in [5, 5.41) is 11.0. The van der Waals surface area contributed by atoms with Crippen LogP contribution in [0.25, 0.3) is 0 Å². The Morgan fingerprint density at radius 3 is 2.36 bits per heavy atom. The van der Waals surface area contributed by atoms with E-state index >= 15 is 0 Å². The second kappa shape index (κ2) is 10.4. The van der Waals surface area contributed by atoms with Gasteiger partial charge in [0.2, 0.25) is 11.8 Å². The first-order chi connectivity index (χ1) is 18.6. The highest BCUT2D eigenvalue weighted by Gasteiger charge is 2.75. The lowest BCUT2D eigenvalue weighted by Crippen LogP contribution is -2.59. The zero-order chi connectivity index (χ0) is 28.1. The van der Waals surface area contributed by atoms with Crippen molar-refractivity contribution in [2.45, 2.75) is 63.8 Å². The third kappa shape index (κ3) is 4.41. The molecule has 4 aliphatic rings. The standard InChI is InChI=1S/C30H38ClN3O5/c1-5-14-32-15-6-12-29(4)23(26(32)36)24-27(37)34(22(18-35)17-19(2)3)25-28(38)33(16-7-13-30(24,25)39-29)21-10-8-20(31)9-11-21/h6-13,19,22-25,35H,5,14-18H2,1-4H3/t22-,23+,24+,25?,29-,30+/m1/s1.